The highest BCUT2D eigenvalue weighted by Gasteiger charge is 2.44. The second-order valence-electron chi connectivity index (χ2n) is 31.5. The quantitative estimate of drug-likeness (QED) is 0.0205. The van der Waals surface area contributed by atoms with E-state index in [-0.39, 0.29) is 37.4 Å². The third-order valence-electron chi connectivity index (χ3n) is 22.1. The van der Waals surface area contributed by atoms with E-state index in [0.29, 0.717) is 84.4 Å². The van der Waals surface area contributed by atoms with E-state index in [1.807, 2.05) is 60.7 Å². The van der Waals surface area contributed by atoms with Gasteiger partial charge in [0.15, 0.2) is 0 Å². The number of imide groups is 2. The molecule has 14 heteroatoms. The molecule has 12 nitrogen and oxygen atoms in total. The van der Waals surface area contributed by atoms with Crippen LogP contribution in [0.4, 0.5) is 9.59 Å². The lowest BCUT2D eigenvalue weighted by Crippen LogP contribution is -2.44. The summed E-state index contributed by atoms with van der Waals surface area (Å²) in [5.41, 5.74) is 2.54. The molecular formula is C90H126N2O10S2. The minimum atomic E-state index is -0.622. The number of carbonyl (C=O) groups excluding carboxylic acids is 6. The van der Waals surface area contributed by atoms with Gasteiger partial charge in [0.25, 0.3) is 23.6 Å². The van der Waals surface area contributed by atoms with Crippen LogP contribution < -0.4 is 0 Å². The average molecular weight is 1460 g/mol. The number of nitrogens with zero attached hydrogens (tertiary/aromatic N) is 2. The minimum Gasteiger partial charge on any atom is -0.434 e. The van der Waals surface area contributed by atoms with Crippen molar-refractivity contribution < 1.29 is 47.7 Å². The second kappa shape index (κ2) is 41.5. The Bertz CT molecular complexity index is 3430. The predicted molar refractivity (Wildman–Crippen MR) is 429 cm³/mol. The van der Waals surface area contributed by atoms with Crippen molar-refractivity contribution in [1.82, 2.24) is 9.80 Å². The summed E-state index contributed by atoms with van der Waals surface area (Å²) in [4.78, 5) is 95.7. The summed E-state index contributed by atoms with van der Waals surface area (Å²) in [5, 5.41) is 0.676. The molecule has 4 amide bonds. The van der Waals surface area contributed by atoms with Crippen molar-refractivity contribution in [1.29, 1.82) is 0 Å². The predicted octanol–water partition coefficient (Wildman–Crippen LogP) is 26.1. The molecule has 0 spiro atoms. The monoisotopic (exact) mass is 1460 g/mol. The normalized spacial score (nSPS) is 13.4. The van der Waals surface area contributed by atoms with Crippen molar-refractivity contribution >= 4 is 69.4 Å². The van der Waals surface area contributed by atoms with Crippen LogP contribution in [0.3, 0.4) is 0 Å². The topological polar surface area (TPSA) is 146 Å². The van der Waals surface area contributed by atoms with E-state index in [2.05, 4.69) is 106 Å². The first kappa shape index (κ1) is 83.0. The maximum absolute atomic E-state index is 15.7. The van der Waals surface area contributed by atoms with E-state index in [1.54, 1.807) is 22.7 Å². The van der Waals surface area contributed by atoms with Crippen molar-refractivity contribution in [2.45, 2.75) is 322 Å². The number of rotatable bonds is 50. The lowest BCUT2D eigenvalue weighted by Gasteiger charge is -2.34. The van der Waals surface area contributed by atoms with Gasteiger partial charge in [-0.15, -0.1) is 22.7 Å². The zero-order chi connectivity index (χ0) is 74.5. The molecule has 0 fully saturated rings. The summed E-state index contributed by atoms with van der Waals surface area (Å²) in [6.07, 6.45) is 35.0. The molecule has 4 heterocycles. The van der Waals surface area contributed by atoms with Gasteiger partial charge in [0, 0.05) is 76.5 Å². The zero-order valence-electron chi connectivity index (χ0n) is 65.3. The number of amides is 4. The molecule has 0 aliphatic carbocycles. The molecule has 0 bridgehead atoms. The third kappa shape index (κ3) is 22.7. The number of hydrogen-bond donors (Lipinski definition) is 0. The van der Waals surface area contributed by atoms with Gasteiger partial charge in [0.05, 0.1) is 24.3 Å². The number of benzene rings is 4. The molecule has 8 rings (SSSR count). The van der Waals surface area contributed by atoms with Crippen LogP contribution in [0.1, 0.15) is 363 Å². The Morgan fingerprint density at radius 3 is 0.971 bits per heavy atom. The highest BCUT2D eigenvalue weighted by Crippen LogP contribution is 2.50. The van der Waals surface area contributed by atoms with Crippen molar-refractivity contribution in [3.63, 3.8) is 0 Å². The van der Waals surface area contributed by atoms with Gasteiger partial charge in [0.1, 0.15) is 11.2 Å². The summed E-state index contributed by atoms with van der Waals surface area (Å²) in [5.74, 6) is -1.87. The third-order valence-corrected chi connectivity index (χ3v) is 25.0. The van der Waals surface area contributed by atoms with E-state index in [1.165, 1.54) is 113 Å². The molecule has 0 saturated carbocycles. The largest absolute Gasteiger partial charge is 0.508 e. The highest BCUT2D eigenvalue weighted by molar-refractivity contribution is 7.16. The first-order valence-electron chi connectivity index (χ1n) is 40.7. The van der Waals surface area contributed by atoms with Gasteiger partial charge < -0.3 is 18.9 Å². The first-order chi connectivity index (χ1) is 50.2. The van der Waals surface area contributed by atoms with Crippen LogP contribution in [0.25, 0.3) is 31.7 Å². The molecule has 6 aromatic rings. The number of ether oxygens (including phenoxy) is 4. The Morgan fingerprint density at radius 2 is 0.644 bits per heavy atom. The van der Waals surface area contributed by atoms with Gasteiger partial charge in [0.2, 0.25) is 0 Å². The van der Waals surface area contributed by atoms with E-state index < -0.39 is 58.0 Å². The van der Waals surface area contributed by atoms with Crippen molar-refractivity contribution in [2.24, 2.45) is 0 Å². The summed E-state index contributed by atoms with van der Waals surface area (Å²) in [7, 11) is 0. The van der Waals surface area contributed by atoms with Gasteiger partial charge >= 0.3 is 12.3 Å². The maximum atomic E-state index is 15.7. The van der Waals surface area contributed by atoms with Crippen molar-refractivity contribution in [2.75, 3.05) is 26.3 Å². The SMILES string of the molecule is CCCCCCCCC(C)(CCCCCCCC)OC(=O)OCCCCCCN1C(=O)c2cc(-c3ccc(C(C)(C)c4ccccc4)s3)c3c4c(cc(-c5ccc(C(C)(C)c6ccccc6)s5)c(c24)C1=O)C(=O)N(CCCCCCOC(=O)OC(C)(CCCCCCCC)CCCCCCCC)C3=O. The summed E-state index contributed by atoms with van der Waals surface area (Å²) >= 11 is 3.13. The molecule has 2 aromatic heterocycles. The smallest absolute Gasteiger partial charge is 0.434 e. The fourth-order valence-electron chi connectivity index (χ4n) is 15.4. The Labute approximate surface area is 632 Å². The van der Waals surface area contributed by atoms with Gasteiger partial charge in [-0.05, 0) is 151 Å². The van der Waals surface area contributed by atoms with Crippen LogP contribution >= 0.6 is 22.7 Å². The average Bonchev–Trinajstić information content (AvgIpc) is 1.04. The molecule has 0 unspecified atom stereocenters. The van der Waals surface area contributed by atoms with Crippen LogP contribution in [0.5, 0.6) is 0 Å². The van der Waals surface area contributed by atoms with E-state index in [0.717, 1.165) is 108 Å². The fraction of sp³-hybridized carbons (Fsp3) is 0.600. The van der Waals surface area contributed by atoms with Crippen LogP contribution in [-0.2, 0) is 29.8 Å². The van der Waals surface area contributed by atoms with Gasteiger partial charge in [-0.1, -0.05) is 257 Å². The Balaban J connectivity index is 1.03. The van der Waals surface area contributed by atoms with E-state index in [9.17, 15) is 9.59 Å². The molecule has 0 saturated heterocycles. The molecule has 2 aliphatic rings. The van der Waals surface area contributed by atoms with Crippen molar-refractivity contribution in [3.05, 3.63) is 140 Å². The lowest BCUT2D eigenvalue weighted by atomic mass is 9.80. The molecule has 0 atom stereocenters. The number of hydrogen-bond acceptors (Lipinski definition) is 12. The summed E-state index contributed by atoms with van der Waals surface area (Å²) < 4.78 is 23.8. The standard InChI is InChI=1S/C90H126N2O10S2/c1-11-15-19-23-27-41-57-89(9,58-42-28-24-20-16-12-2)101-85(97)99-63-47-33-31-45-61-91-81(93)71-65-70(74-54-56-76(104-74)88(7,8)68-51-39-36-40-52-68)80-78-72(66-69(79(77(71)78)83(91)95)73-53-55-75(103-73)87(5,6)67-49-37-35-38-50-67)82(94)92(84(80)96)62-46-32-34-48-64-100-86(98)102-90(10,59-43-29-25-21-17-13-3)60-44-30-26-22-18-14-4/h35-40,49-56,65-66H,11-34,41-48,57-64H2,1-10H3. The highest BCUT2D eigenvalue weighted by atomic mass is 32.1. The zero-order valence-corrected chi connectivity index (χ0v) is 66.9. The van der Waals surface area contributed by atoms with Crippen LogP contribution in [0.15, 0.2) is 97.1 Å². The van der Waals surface area contributed by atoms with Gasteiger partial charge in [-0.2, -0.15) is 0 Å². The van der Waals surface area contributed by atoms with E-state index >= 15 is 19.2 Å². The summed E-state index contributed by atoms with van der Waals surface area (Å²) in [6.45, 7) is 22.5. The Hall–Kier alpha value is -6.64. The number of unbranched alkanes of at least 4 members (excludes halogenated alkanes) is 26. The van der Waals surface area contributed by atoms with Gasteiger partial charge in [-0.3, -0.25) is 29.0 Å². The Kier molecular flexibility index (Phi) is 33.1. The lowest BCUT2D eigenvalue weighted by molar-refractivity contribution is -0.0382. The second-order valence-corrected chi connectivity index (χ2v) is 33.6. The molecule has 0 radical (unpaired) electrons. The van der Waals surface area contributed by atoms with Crippen LogP contribution in [0.2, 0.25) is 0 Å². The van der Waals surface area contributed by atoms with E-state index in [4.69, 9.17) is 18.9 Å². The summed E-state index contributed by atoms with van der Waals surface area (Å²) in [6, 6.07) is 32.5. The maximum Gasteiger partial charge on any atom is 0.508 e. The first-order valence-corrected chi connectivity index (χ1v) is 42.3. The molecule has 2 aliphatic heterocycles. The molecule has 0 N–H and O–H groups in total. The molecular weight excluding hydrogens is 1330 g/mol. The fourth-order valence-corrected chi connectivity index (χ4v) is 17.7. The Morgan fingerprint density at radius 1 is 0.346 bits per heavy atom. The number of carbonyl (C=O) groups is 6. The molecule has 104 heavy (non-hydrogen) atoms. The minimum absolute atomic E-state index is 0.139. The molecule has 4 aromatic carbocycles. The molecule has 568 valence electrons. The van der Waals surface area contributed by atoms with Crippen LogP contribution in [-0.4, -0.2) is 83.2 Å². The van der Waals surface area contributed by atoms with Crippen LogP contribution in [0, 0.1) is 0 Å². The van der Waals surface area contributed by atoms with Gasteiger partial charge in [-0.25, -0.2) is 9.59 Å². The van der Waals surface area contributed by atoms with Crippen molar-refractivity contribution in [3.8, 4) is 20.9 Å². The number of thiophene rings is 2.